The van der Waals surface area contributed by atoms with Gasteiger partial charge in [0.05, 0.1) is 13.2 Å². The molecule has 0 aromatic carbocycles. The third-order valence-corrected chi connectivity index (χ3v) is 4.79. The molecule has 2 aliphatic heterocycles. The van der Waals surface area contributed by atoms with Crippen LogP contribution in [0.1, 0.15) is 38.5 Å². The van der Waals surface area contributed by atoms with E-state index in [1.165, 1.54) is 45.1 Å². The first-order valence-electron chi connectivity index (χ1n) is 7.76. The highest BCUT2D eigenvalue weighted by molar-refractivity contribution is 4.91. The van der Waals surface area contributed by atoms with Gasteiger partial charge in [0.2, 0.25) is 0 Å². The Morgan fingerprint density at radius 1 is 1.00 bits per heavy atom. The number of hydrogen-bond donors (Lipinski definition) is 2. The molecule has 0 aromatic heterocycles. The van der Waals surface area contributed by atoms with Crippen LogP contribution >= 0.6 is 0 Å². The van der Waals surface area contributed by atoms with Gasteiger partial charge in [-0.05, 0) is 38.1 Å². The van der Waals surface area contributed by atoms with Crippen molar-refractivity contribution < 1.29 is 4.74 Å². The van der Waals surface area contributed by atoms with Crippen molar-refractivity contribution in [3.63, 3.8) is 0 Å². The molecule has 3 rings (SSSR count). The second kappa shape index (κ2) is 6.33. The van der Waals surface area contributed by atoms with E-state index >= 15 is 0 Å². The predicted molar refractivity (Wildman–Crippen MR) is 72.3 cm³/mol. The number of nitrogens with one attached hydrogen (secondary N) is 2. The molecule has 104 valence electrons. The van der Waals surface area contributed by atoms with Crippen molar-refractivity contribution in [2.24, 2.45) is 5.92 Å². The molecule has 0 aromatic rings. The molecular weight excluding hydrogens is 226 g/mol. The molecule has 3 atom stereocenters. The zero-order valence-corrected chi connectivity index (χ0v) is 11.4. The fourth-order valence-corrected chi connectivity index (χ4v) is 3.80. The highest BCUT2D eigenvalue weighted by Gasteiger charge is 2.35. The quantitative estimate of drug-likeness (QED) is 0.791. The van der Waals surface area contributed by atoms with E-state index < -0.39 is 0 Å². The van der Waals surface area contributed by atoms with E-state index in [4.69, 9.17) is 4.74 Å². The first-order chi connectivity index (χ1) is 8.93. The number of piperidine rings is 1. The number of nitrogens with zero attached hydrogens (tertiary/aromatic N) is 1. The molecule has 2 heterocycles. The summed E-state index contributed by atoms with van der Waals surface area (Å²) in [5.74, 6) is 0.841. The van der Waals surface area contributed by atoms with Gasteiger partial charge in [0.15, 0.2) is 0 Å². The highest BCUT2D eigenvalue weighted by atomic mass is 16.5. The van der Waals surface area contributed by atoms with Crippen molar-refractivity contribution in [3.8, 4) is 0 Å². The SMILES string of the molecule is C1CCC(C2CCCC2NN2CCOCC2)NC1. The van der Waals surface area contributed by atoms with Crippen LogP contribution in [0.25, 0.3) is 0 Å². The molecule has 4 nitrogen and oxygen atoms in total. The Morgan fingerprint density at radius 2 is 1.89 bits per heavy atom. The first-order valence-corrected chi connectivity index (χ1v) is 7.76. The molecule has 0 amide bonds. The maximum absolute atomic E-state index is 5.41. The molecule has 3 aliphatic rings. The van der Waals surface area contributed by atoms with Crippen molar-refractivity contribution in [1.82, 2.24) is 15.8 Å². The summed E-state index contributed by atoms with van der Waals surface area (Å²) < 4.78 is 5.41. The van der Waals surface area contributed by atoms with Crippen molar-refractivity contribution in [1.29, 1.82) is 0 Å². The summed E-state index contributed by atoms with van der Waals surface area (Å²) in [5.41, 5.74) is 3.78. The number of hydrogen-bond acceptors (Lipinski definition) is 4. The summed E-state index contributed by atoms with van der Waals surface area (Å²) in [7, 11) is 0. The molecule has 0 bridgehead atoms. The van der Waals surface area contributed by atoms with Crippen LogP contribution < -0.4 is 10.7 Å². The molecule has 2 N–H and O–H groups in total. The van der Waals surface area contributed by atoms with E-state index in [0.717, 1.165) is 38.3 Å². The number of rotatable bonds is 3. The smallest absolute Gasteiger partial charge is 0.0608 e. The number of hydrazine groups is 1. The highest BCUT2D eigenvalue weighted by Crippen LogP contribution is 2.31. The van der Waals surface area contributed by atoms with E-state index in [1.807, 2.05) is 0 Å². The van der Waals surface area contributed by atoms with Crippen molar-refractivity contribution in [3.05, 3.63) is 0 Å². The molecule has 3 unspecified atom stereocenters. The van der Waals surface area contributed by atoms with Crippen LogP contribution in [0.4, 0.5) is 0 Å². The molecule has 1 aliphatic carbocycles. The summed E-state index contributed by atoms with van der Waals surface area (Å²) in [5, 5.41) is 6.13. The lowest BCUT2D eigenvalue weighted by molar-refractivity contribution is -0.00185. The average Bonchev–Trinajstić information content (AvgIpc) is 2.89. The van der Waals surface area contributed by atoms with E-state index in [1.54, 1.807) is 0 Å². The molecule has 4 heteroatoms. The third-order valence-electron chi connectivity index (χ3n) is 4.79. The van der Waals surface area contributed by atoms with Crippen LogP contribution in [0, 0.1) is 5.92 Å². The second-order valence-corrected chi connectivity index (χ2v) is 5.99. The molecule has 2 saturated heterocycles. The summed E-state index contributed by atoms with van der Waals surface area (Å²) in [6, 6.07) is 1.46. The topological polar surface area (TPSA) is 36.5 Å². The lowest BCUT2D eigenvalue weighted by atomic mass is 9.88. The van der Waals surface area contributed by atoms with Crippen LogP contribution in [0.5, 0.6) is 0 Å². The van der Waals surface area contributed by atoms with Gasteiger partial charge in [-0.15, -0.1) is 0 Å². The van der Waals surface area contributed by atoms with Crippen molar-refractivity contribution in [2.45, 2.75) is 50.6 Å². The van der Waals surface area contributed by atoms with Crippen molar-refractivity contribution in [2.75, 3.05) is 32.8 Å². The second-order valence-electron chi connectivity index (χ2n) is 5.99. The minimum atomic E-state index is 0.693. The monoisotopic (exact) mass is 253 g/mol. The van der Waals surface area contributed by atoms with Crippen molar-refractivity contribution >= 4 is 0 Å². The largest absolute Gasteiger partial charge is 0.379 e. The van der Waals surface area contributed by atoms with Gasteiger partial charge < -0.3 is 10.1 Å². The normalized spacial score (nSPS) is 39.0. The Hall–Kier alpha value is -0.160. The maximum atomic E-state index is 5.41. The molecule has 18 heavy (non-hydrogen) atoms. The molecule has 0 spiro atoms. The lowest BCUT2D eigenvalue weighted by Crippen LogP contribution is -2.54. The van der Waals surface area contributed by atoms with E-state index in [2.05, 4.69) is 15.8 Å². The first kappa shape index (κ1) is 12.9. The average molecular weight is 253 g/mol. The summed E-state index contributed by atoms with van der Waals surface area (Å²) in [6.45, 7) is 5.08. The van der Waals surface area contributed by atoms with Gasteiger partial charge in [0.25, 0.3) is 0 Å². The summed E-state index contributed by atoms with van der Waals surface area (Å²) in [6.07, 6.45) is 8.31. The van der Waals surface area contributed by atoms with Crippen LogP contribution in [0.3, 0.4) is 0 Å². The maximum Gasteiger partial charge on any atom is 0.0608 e. The van der Waals surface area contributed by atoms with Gasteiger partial charge in [0.1, 0.15) is 0 Å². The van der Waals surface area contributed by atoms with E-state index in [-0.39, 0.29) is 0 Å². The number of morpholine rings is 1. The fourth-order valence-electron chi connectivity index (χ4n) is 3.80. The van der Waals surface area contributed by atoms with Crippen LogP contribution in [-0.2, 0) is 4.74 Å². The van der Waals surface area contributed by atoms with Crippen LogP contribution in [0.2, 0.25) is 0 Å². The predicted octanol–water partition coefficient (Wildman–Crippen LogP) is 1.13. The van der Waals surface area contributed by atoms with Crippen LogP contribution in [0.15, 0.2) is 0 Å². The van der Waals surface area contributed by atoms with E-state index in [0.29, 0.717) is 6.04 Å². The minimum Gasteiger partial charge on any atom is -0.379 e. The lowest BCUT2D eigenvalue weighted by Gasteiger charge is -2.37. The number of ether oxygens (including phenoxy) is 1. The molecule has 3 fully saturated rings. The molecule has 0 radical (unpaired) electrons. The Kier molecular flexibility index (Phi) is 4.52. The Balaban J connectivity index is 1.53. The Morgan fingerprint density at radius 3 is 2.67 bits per heavy atom. The minimum absolute atomic E-state index is 0.693. The zero-order chi connectivity index (χ0) is 12.2. The van der Waals surface area contributed by atoms with Gasteiger partial charge in [0, 0.05) is 25.2 Å². The molecule has 1 saturated carbocycles. The van der Waals surface area contributed by atoms with Gasteiger partial charge in [-0.2, -0.15) is 0 Å². The summed E-state index contributed by atoms with van der Waals surface area (Å²) in [4.78, 5) is 0. The Bertz CT molecular complexity index is 249. The summed E-state index contributed by atoms with van der Waals surface area (Å²) >= 11 is 0. The third kappa shape index (κ3) is 3.05. The van der Waals surface area contributed by atoms with Gasteiger partial charge in [-0.25, -0.2) is 5.01 Å². The standard InChI is InChI=1S/C14H27N3O/c1-2-7-15-13(5-1)12-4-3-6-14(12)16-17-8-10-18-11-9-17/h12-16H,1-11H2. The molecular formula is C14H27N3O. The van der Waals surface area contributed by atoms with E-state index in [9.17, 15) is 0 Å². The van der Waals surface area contributed by atoms with Gasteiger partial charge in [-0.3, -0.25) is 5.43 Å². The Labute approximate surface area is 110 Å². The fraction of sp³-hybridized carbons (Fsp3) is 1.00. The zero-order valence-electron chi connectivity index (χ0n) is 11.4. The van der Waals surface area contributed by atoms with Gasteiger partial charge >= 0.3 is 0 Å². The van der Waals surface area contributed by atoms with Crippen LogP contribution in [-0.4, -0.2) is 49.9 Å². The van der Waals surface area contributed by atoms with Gasteiger partial charge in [-0.1, -0.05) is 12.8 Å².